The van der Waals surface area contributed by atoms with Crippen LogP contribution in [0, 0.1) is 6.92 Å². The van der Waals surface area contributed by atoms with E-state index in [4.69, 9.17) is 0 Å². The molecular formula is C17H15BrF3N5O. The molecule has 6 nitrogen and oxygen atoms in total. The molecule has 142 valence electrons. The van der Waals surface area contributed by atoms with Gasteiger partial charge in [-0.2, -0.15) is 23.4 Å². The standard InChI is InChI=1S/C17H15BrF3N5O/c1-10-4-3-5-11(6-10)8-26-9-12(7-22-26)23-16(27)14-13(18)15(17(19,20)21)24-25(14)2/h3-7,9H,8H2,1-2H3,(H,23,27). The lowest BCUT2D eigenvalue weighted by Crippen LogP contribution is -2.16. The number of nitrogens with zero attached hydrogens (tertiary/aromatic N) is 4. The Bertz CT molecular complexity index is 993. The average Bonchev–Trinajstić information content (AvgIpc) is 3.10. The molecule has 0 fully saturated rings. The van der Waals surface area contributed by atoms with Crippen LogP contribution in [0.1, 0.15) is 27.3 Å². The van der Waals surface area contributed by atoms with Gasteiger partial charge in [-0.1, -0.05) is 29.8 Å². The fraction of sp³-hybridized carbons (Fsp3) is 0.235. The molecule has 0 aliphatic carbocycles. The van der Waals surface area contributed by atoms with Crippen LogP contribution in [-0.4, -0.2) is 25.5 Å². The summed E-state index contributed by atoms with van der Waals surface area (Å²) in [6, 6.07) is 7.90. The first kappa shape index (κ1) is 19.2. The molecule has 3 rings (SSSR count). The summed E-state index contributed by atoms with van der Waals surface area (Å²) in [7, 11) is 1.27. The minimum absolute atomic E-state index is 0.228. The molecule has 2 heterocycles. The maximum absolute atomic E-state index is 12.9. The Kier molecular flexibility index (Phi) is 5.09. The van der Waals surface area contributed by atoms with Gasteiger partial charge in [0, 0.05) is 13.2 Å². The smallest absolute Gasteiger partial charge is 0.318 e. The van der Waals surface area contributed by atoms with Gasteiger partial charge in [0.05, 0.1) is 22.9 Å². The van der Waals surface area contributed by atoms with Crippen molar-refractivity contribution in [3.8, 4) is 0 Å². The van der Waals surface area contributed by atoms with Crippen LogP contribution >= 0.6 is 15.9 Å². The Balaban J connectivity index is 1.76. The molecule has 0 aliphatic heterocycles. The Morgan fingerprint density at radius 1 is 1.33 bits per heavy atom. The molecule has 3 aromatic rings. The van der Waals surface area contributed by atoms with Crippen LogP contribution in [0.25, 0.3) is 0 Å². The zero-order valence-electron chi connectivity index (χ0n) is 14.4. The number of hydrogen-bond donors (Lipinski definition) is 1. The normalized spacial score (nSPS) is 11.6. The van der Waals surface area contributed by atoms with E-state index in [2.05, 4.69) is 31.4 Å². The third-order valence-corrected chi connectivity index (χ3v) is 4.54. The largest absolute Gasteiger partial charge is 0.436 e. The van der Waals surface area contributed by atoms with E-state index in [9.17, 15) is 18.0 Å². The van der Waals surface area contributed by atoms with Crippen molar-refractivity contribution in [1.82, 2.24) is 19.6 Å². The molecule has 0 bridgehead atoms. The first-order valence-corrected chi connectivity index (χ1v) is 8.63. The number of hydrogen-bond acceptors (Lipinski definition) is 3. The minimum atomic E-state index is -4.66. The number of benzene rings is 1. The number of aromatic nitrogens is 4. The van der Waals surface area contributed by atoms with Gasteiger partial charge in [-0.25, -0.2) is 0 Å². The number of anilines is 1. The highest BCUT2D eigenvalue weighted by Crippen LogP contribution is 2.35. The molecule has 1 aromatic carbocycles. The van der Waals surface area contributed by atoms with Crippen LogP contribution in [0.2, 0.25) is 0 Å². The summed E-state index contributed by atoms with van der Waals surface area (Å²) in [5, 5.41) is 10.1. The molecule has 2 aromatic heterocycles. The van der Waals surface area contributed by atoms with Crippen molar-refractivity contribution < 1.29 is 18.0 Å². The van der Waals surface area contributed by atoms with Crippen LogP contribution in [0.15, 0.2) is 41.1 Å². The Labute approximate surface area is 161 Å². The summed E-state index contributed by atoms with van der Waals surface area (Å²) < 4.78 is 40.9. The molecule has 0 unspecified atom stereocenters. The molecule has 0 spiro atoms. The van der Waals surface area contributed by atoms with Crippen LogP contribution in [0.4, 0.5) is 18.9 Å². The number of alkyl halides is 3. The zero-order valence-corrected chi connectivity index (χ0v) is 16.0. The third kappa shape index (κ3) is 4.21. The number of carbonyl (C=O) groups excluding carboxylic acids is 1. The maximum Gasteiger partial charge on any atom is 0.436 e. The summed E-state index contributed by atoms with van der Waals surface area (Å²) >= 11 is 2.82. The number of rotatable bonds is 4. The van der Waals surface area contributed by atoms with Crippen LogP contribution < -0.4 is 5.32 Å². The Morgan fingerprint density at radius 3 is 2.70 bits per heavy atom. The molecule has 10 heteroatoms. The van der Waals surface area contributed by atoms with Gasteiger partial charge >= 0.3 is 6.18 Å². The van der Waals surface area contributed by atoms with Gasteiger partial charge in [0.1, 0.15) is 5.69 Å². The van der Waals surface area contributed by atoms with Gasteiger partial charge in [0.2, 0.25) is 0 Å². The SMILES string of the molecule is Cc1cccc(Cn2cc(NC(=O)c3c(Br)c(C(F)(F)F)nn3C)cn2)c1. The van der Waals surface area contributed by atoms with Crippen molar-refractivity contribution >= 4 is 27.5 Å². The summed E-state index contributed by atoms with van der Waals surface area (Å²) in [5.41, 5.74) is 1.16. The molecule has 0 radical (unpaired) electrons. The number of halogens is 4. The third-order valence-electron chi connectivity index (χ3n) is 3.79. The summed E-state index contributed by atoms with van der Waals surface area (Å²) in [4.78, 5) is 12.4. The Morgan fingerprint density at radius 2 is 2.07 bits per heavy atom. The fourth-order valence-corrected chi connectivity index (χ4v) is 3.37. The van der Waals surface area contributed by atoms with Crippen molar-refractivity contribution in [3.05, 3.63) is 63.6 Å². The van der Waals surface area contributed by atoms with E-state index in [0.29, 0.717) is 12.2 Å². The van der Waals surface area contributed by atoms with E-state index in [1.54, 1.807) is 10.9 Å². The molecule has 0 saturated carbocycles. The van der Waals surface area contributed by atoms with Crippen molar-refractivity contribution in [1.29, 1.82) is 0 Å². The van der Waals surface area contributed by atoms with E-state index in [0.717, 1.165) is 15.8 Å². The van der Waals surface area contributed by atoms with Crippen LogP contribution in [-0.2, 0) is 19.8 Å². The van der Waals surface area contributed by atoms with Crippen LogP contribution in [0.5, 0.6) is 0 Å². The van der Waals surface area contributed by atoms with Crippen molar-refractivity contribution in [2.24, 2.45) is 7.05 Å². The predicted molar refractivity (Wildman–Crippen MR) is 96.4 cm³/mol. The second-order valence-electron chi connectivity index (χ2n) is 6.00. The highest BCUT2D eigenvalue weighted by Gasteiger charge is 2.39. The summed E-state index contributed by atoms with van der Waals surface area (Å²) in [6.45, 7) is 2.49. The van der Waals surface area contributed by atoms with Crippen molar-refractivity contribution in [3.63, 3.8) is 0 Å². The van der Waals surface area contributed by atoms with Crippen molar-refractivity contribution in [2.45, 2.75) is 19.6 Å². The lowest BCUT2D eigenvalue weighted by molar-refractivity contribution is -0.142. The van der Waals surface area contributed by atoms with Gasteiger partial charge in [0.25, 0.3) is 5.91 Å². The lowest BCUT2D eigenvalue weighted by atomic mass is 10.1. The quantitative estimate of drug-likeness (QED) is 0.665. The van der Waals surface area contributed by atoms with E-state index in [1.165, 1.54) is 13.2 Å². The number of nitrogens with one attached hydrogen (secondary N) is 1. The van der Waals surface area contributed by atoms with E-state index < -0.39 is 22.3 Å². The van der Waals surface area contributed by atoms with Gasteiger partial charge in [-0.3, -0.25) is 14.2 Å². The minimum Gasteiger partial charge on any atom is -0.318 e. The zero-order chi connectivity index (χ0) is 19.8. The molecule has 0 aliphatic rings. The van der Waals surface area contributed by atoms with E-state index >= 15 is 0 Å². The van der Waals surface area contributed by atoms with Crippen LogP contribution in [0.3, 0.4) is 0 Å². The van der Waals surface area contributed by atoms with Gasteiger partial charge in [-0.15, -0.1) is 0 Å². The topological polar surface area (TPSA) is 64.7 Å². The fourth-order valence-electron chi connectivity index (χ4n) is 2.63. The van der Waals surface area contributed by atoms with Gasteiger partial charge < -0.3 is 5.32 Å². The molecule has 0 saturated heterocycles. The number of aryl methyl sites for hydroxylation is 2. The van der Waals surface area contributed by atoms with Crippen molar-refractivity contribution in [2.75, 3.05) is 5.32 Å². The second kappa shape index (κ2) is 7.18. The van der Waals surface area contributed by atoms with Gasteiger partial charge in [-0.05, 0) is 28.4 Å². The highest BCUT2D eigenvalue weighted by molar-refractivity contribution is 9.10. The molecule has 0 atom stereocenters. The second-order valence-corrected chi connectivity index (χ2v) is 6.80. The molecule has 1 amide bonds. The monoisotopic (exact) mass is 441 g/mol. The first-order chi connectivity index (χ1) is 12.6. The first-order valence-electron chi connectivity index (χ1n) is 7.84. The number of carbonyl (C=O) groups is 1. The average molecular weight is 442 g/mol. The Hall–Kier alpha value is -2.62. The maximum atomic E-state index is 12.9. The van der Waals surface area contributed by atoms with Gasteiger partial charge in [0.15, 0.2) is 5.69 Å². The highest BCUT2D eigenvalue weighted by atomic mass is 79.9. The predicted octanol–water partition coefficient (Wildman–Crippen LogP) is 4.01. The summed E-state index contributed by atoms with van der Waals surface area (Å²) in [6.07, 6.45) is -1.62. The summed E-state index contributed by atoms with van der Waals surface area (Å²) in [5.74, 6) is -0.720. The molecular weight excluding hydrogens is 427 g/mol. The molecule has 1 N–H and O–H groups in total. The van der Waals surface area contributed by atoms with E-state index in [1.807, 2.05) is 31.2 Å². The van der Waals surface area contributed by atoms with E-state index in [-0.39, 0.29) is 5.69 Å². The number of amides is 1. The molecule has 27 heavy (non-hydrogen) atoms. The lowest BCUT2D eigenvalue weighted by Gasteiger charge is -2.04.